The molecular formula is C23H26N4O5S. The fraction of sp³-hybridized carbons (Fsp3) is 0.304. The number of carbonyl (C=O) groups is 1. The summed E-state index contributed by atoms with van der Waals surface area (Å²) < 4.78 is 39.7. The Bertz CT molecular complexity index is 1260. The Balaban J connectivity index is 1.52. The first-order chi connectivity index (χ1) is 15.9. The number of rotatable bonds is 8. The van der Waals surface area contributed by atoms with Crippen LogP contribution in [0.5, 0.6) is 11.5 Å². The summed E-state index contributed by atoms with van der Waals surface area (Å²) in [5, 5.41) is 2.84. The van der Waals surface area contributed by atoms with Gasteiger partial charge in [-0.1, -0.05) is 18.2 Å². The van der Waals surface area contributed by atoms with E-state index < -0.39 is 15.9 Å². The lowest BCUT2D eigenvalue weighted by Crippen LogP contribution is -2.41. The molecule has 1 aliphatic heterocycles. The van der Waals surface area contributed by atoms with Crippen molar-refractivity contribution in [2.45, 2.75) is 20.4 Å². The number of aryl methyl sites for hydroxylation is 1. The van der Waals surface area contributed by atoms with Crippen LogP contribution in [0.15, 0.2) is 54.9 Å². The van der Waals surface area contributed by atoms with Crippen molar-refractivity contribution in [2.24, 2.45) is 0 Å². The standard InChI is InChI=1S/C23H26N4O5S/c1-3-33(29,30)27(19-8-9-21-22(14-19)32-13-12-31-21)16-23(28)25-15-18-6-4-5-7-20(18)26-11-10-24-17(26)2/h4-11,14H,3,12-13,15-16H2,1-2H3,(H,25,28). The Morgan fingerprint density at radius 3 is 2.64 bits per heavy atom. The number of fused-ring (bicyclic) bond motifs is 1. The van der Waals surface area contributed by atoms with Gasteiger partial charge in [-0.15, -0.1) is 0 Å². The van der Waals surface area contributed by atoms with Gasteiger partial charge in [0.25, 0.3) is 0 Å². The van der Waals surface area contributed by atoms with Crippen molar-refractivity contribution in [3.05, 3.63) is 66.2 Å². The number of hydrogen-bond donors (Lipinski definition) is 1. The Labute approximate surface area is 193 Å². The van der Waals surface area contributed by atoms with Crippen LogP contribution in [-0.4, -0.2) is 49.4 Å². The number of amides is 1. The van der Waals surface area contributed by atoms with Gasteiger partial charge in [-0.3, -0.25) is 9.10 Å². The van der Waals surface area contributed by atoms with E-state index in [1.165, 1.54) is 0 Å². The Hall–Kier alpha value is -3.53. The maximum Gasteiger partial charge on any atom is 0.241 e. The molecule has 3 aromatic rings. The second-order valence-corrected chi connectivity index (χ2v) is 9.67. The van der Waals surface area contributed by atoms with Crippen LogP contribution >= 0.6 is 0 Å². The molecule has 1 aliphatic rings. The van der Waals surface area contributed by atoms with E-state index in [0.717, 1.165) is 21.4 Å². The van der Waals surface area contributed by atoms with Crippen molar-refractivity contribution >= 4 is 21.6 Å². The molecule has 174 valence electrons. The van der Waals surface area contributed by atoms with Crippen LogP contribution in [0.1, 0.15) is 18.3 Å². The van der Waals surface area contributed by atoms with Crippen LogP contribution in [0.25, 0.3) is 5.69 Å². The minimum Gasteiger partial charge on any atom is -0.486 e. The molecule has 0 fully saturated rings. The van der Waals surface area contributed by atoms with Crippen molar-refractivity contribution in [3.63, 3.8) is 0 Å². The van der Waals surface area contributed by atoms with Gasteiger partial charge in [0.1, 0.15) is 25.6 Å². The number of sulfonamides is 1. The molecule has 1 amide bonds. The van der Waals surface area contributed by atoms with Crippen LogP contribution in [0.2, 0.25) is 0 Å². The first-order valence-corrected chi connectivity index (χ1v) is 12.2. The van der Waals surface area contributed by atoms with Gasteiger partial charge in [-0.25, -0.2) is 13.4 Å². The van der Waals surface area contributed by atoms with Crippen LogP contribution < -0.4 is 19.1 Å². The molecule has 1 N–H and O–H groups in total. The normalized spacial score (nSPS) is 12.9. The molecule has 0 radical (unpaired) electrons. The summed E-state index contributed by atoms with van der Waals surface area (Å²) in [5.74, 6) is 1.28. The lowest BCUT2D eigenvalue weighted by Gasteiger charge is -2.25. The molecule has 0 spiro atoms. The second-order valence-electron chi connectivity index (χ2n) is 7.49. The van der Waals surface area contributed by atoms with Crippen molar-refractivity contribution in [3.8, 4) is 17.2 Å². The summed E-state index contributed by atoms with van der Waals surface area (Å²) in [7, 11) is -3.70. The third-order valence-corrected chi connectivity index (χ3v) is 7.10. The highest BCUT2D eigenvalue weighted by atomic mass is 32.2. The number of carbonyl (C=O) groups excluding carboxylic acids is 1. The molecule has 0 bridgehead atoms. The Kier molecular flexibility index (Phi) is 6.55. The van der Waals surface area contributed by atoms with E-state index in [4.69, 9.17) is 9.47 Å². The van der Waals surface area contributed by atoms with Gasteiger partial charge in [0.2, 0.25) is 15.9 Å². The highest BCUT2D eigenvalue weighted by Gasteiger charge is 2.25. The number of para-hydroxylation sites is 1. The monoisotopic (exact) mass is 470 g/mol. The molecule has 2 aromatic carbocycles. The lowest BCUT2D eigenvalue weighted by atomic mass is 10.1. The summed E-state index contributed by atoms with van der Waals surface area (Å²) in [6.07, 6.45) is 3.57. The predicted molar refractivity (Wildman–Crippen MR) is 124 cm³/mol. The van der Waals surface area contributed by atoms with Gasteiger partial charge in [-0.05, 0) is 37.6 Å². The van der Waals surface area contributed by atoms with Gasteiger partial charge < -0.3 is 19.4 Å². The fourth-order valence-corrected chi connectivity index (χ4v) is 4.66. The summed E-state index contributed by atoms with van der Waals surface area (Å²) in [5.41, 5.74) is 2.14. The smallest absolute Gasteiger partial charge is 0.241 e. The number of anilines is 1. The SMILES string of the molecule is CCS(=O)(=O)N(CC(=O)NCc1ccccc1-n1ccnc1C)c1ccc2c(c1)OCCO2. The Morgan fingerprint density at radius 2 is 1.91 bits per heavy atom. The minimum absolute atomic E-state index is 0.141. The first kappa shape index (κ1) is 22.7. The van der Waals surface area contributed by atoms with Crippen LogP contribution in [0.4, 0.5) is 5.69 Å². The fourth-order valence-electron chi connectivity index (χ4n) is 3.60. The molecule has 2 heterocycles. The van der Waals surface area contributed by atoms with Gasteiger partial charge in [-0.2, -0.15) is 0 Å². The molecule has 0 aliphatic carbocycles. The number of ether oxygens (including phenoxy) is 2. The minimum atomic E-state index is -3.70. The van der Waals surface area contributed by atoms with Crippen molar-refractivity contribution < 1.29 is 22.7 Å². The van der Waals surface area contributed by atoms with Crippen LogP contribution in [0, 0.1) is 6.92 Å². The average molecular weight is 471 g/mol. The highest BCUT2D eigenvalue weighted by molar-refractivity contribution is 7.92. The van der Waals surface area contributed by atoms with Gasteiger partial charge in [0.15, 0.2) is 11.5 Å². The third kappa shape index (κ3) is 4.95. The highest BCUT2D eigenvalue weighted by Crippen LogP contribution is 2.34. The molecule has 9 nitrogen and oxygen atoms in total. The van der Waals surface area contributed by atoms with E-state index in [0.29, 0.717) is 30.4 Å². The van der Waals surface area contributed by atoms with E-state index in [2.05, 4.69) is 10.3 Å². The molecule has 1 aromatic heterocycles. The molecule has 10 heteroatoms. The van der Waals surface area contributed by atoms with Crippen molar-refractivity contribution in [2.75, 3.05) is 29.8 Å². The first-order valence-electron chi connectivity index (χ1n) is 10.6. The zero-order chi connectivity index (χ0) is 23.4. The number of aromatic nitrogens is 2. The lowest BCUT2D eigenvalue weighted by molar-refractivity contribution is -0.119. The number of hydrogen-bond acceptors (Lipinski definition) is 6. The van der Waals surface area contributed by atoms with E-state index in [1.807, 2.05) is 42.0 Å². The average Bonchev–Trinajstić information content (AvgIpc) is 3.26. The van der Waals surface area contributed by atoms with E-state index in [-0.39, 0.29) is 18.8 Å². The zero-order valence-electron chi connectivity index (χ0n) is 18.5. The summed E-state index contributed by atoms with van der Waals surface area (Å²) in [6.45, 7) is 4.16. The van der Waals surface area contributed by atoms with Gasteiger partial charge in [0, 0.05) is 25.0 Å². The molecule has 4 rings (SSSR count). The molecule has 0 saturated heterocycles. The molecule has 0 unspecified atom stereocenters. The maximum absolute atomic E-state index is 12.8. The second kappa shape index (κ2) is 9.53. The van der Waals surface area contributed by atoms with Crippen molar-refractivity contribution in [1.82, 2.24) is 14.9 Å². The summed E-state index contributed by atoms with van der Waals surface area (Å²) in [4.78, 5) is 17.1. The third-order valence-electron chi connectivity index (χ3n) is 5.35. The van der Waals surface area contributed by atoms with E-state index in [1.54, 1.807) is 31.3 Å². The molecule has 0 saturated carbocycles. The number of benzene rings is 2. The number of nitrogens with zero attached hydrogens (tertiary/aromatic N) is 3. The van der Waals surface area contributed by atoms with Gasteiger partial charge >= 0.3 is 0 Å². The predicted octanol–water partition coefficient (Wildman–Crippen LogP) is 2.42. The van der Waals surface area contributed by atoms with Crippen LogP contribution in [0.3, 0.4) is 0 Å². The number of nitrogens with one attached hydrogen (secondary N) is 1. The summed E-state index contributed by atoms with van der Waals surface area (Å²) in [6, 6.07) is 12.5. The molecule has 33 heavy (non-hydrogen) atoms. The van der Waals surface area contributed by atoms with Crippen LogP contribution in [-0.2, 0) is 21.4 Å². The maximum atomic E-state index is 12.8. The number of imidazole rings is 1. The van der Waals surface area contributed by atoms with E-state index in [9.17, 15) is 13.2 Å². The van der Waals surface area contributed by atoms with Gasteiger partial charge in [0.05, 0.1) is 17.1 Å². The summed E-state index contributed by atoms with van der Waals surface area (Å²) >= 11 is 0. The molecule has 0 atom stereocenters. The topological polar surface area (TPSA) is 103 Å². The quantitative estimate of drug-likeness (QED) is 0.542. The Morgan fingerprint density at radius 1 is 1.15 bits per heavy atom. The van der Waals surface area contributed by atoms with Crippen molar-refractivity contribution in [1.29, 1.82) is 0 Å². The van der Waals surface area contributed by atoms with E-state index >= 15 is 0 Å². The molecular weight excluding hydrogens is 444 g/mol. The zero-order valence-corrected chi connectivity index (χ0v) is 19.3. The largest absolute Gasteiger partial charge is 0.486 e.